The molecule has 0 fully saturated rings. The number of rotatable bonds is 15. The van der Waals surface area contributed by atoms with E-state index < -0.39 is 11.9 Å². The normalized spacial score (nSPS) is 10.8. The van der Waals surface area contributed by atoms with Crippen molar-refractivity contribution in [3.8, 4) is 11.5 Å². The van der Waals surface area contributed by atoms with E-state index >= 15 is 0 Å². The molecular formula is C27H36N2O6. The minimum Gasteiger partial charge on any atom is -0.493 e. The summed E-state index contributed by atoms with van der Waals surface area (Å²) < 4.78 is 21.6. The van der Waals surface area contributed by atoms with Crippen LogP contribution in [0.4, 0.5) is 11.4 Å². The molecule has 0 radical (unpaired) electrons. The zero-order valence-corrected chi connectivity index (χ0v) is 20.6. The average Bonchev–Trinajstić information content (AvgIpc) is 2.84. The Bertz CT molecular complexity index is 969. The first-order valence-corrected chi connectivity index (χ1v) is 11.9. The van der Waals surface area contributed by atoms with E-state index in [1.54, 1.807) is 19.3 Å². The van der Waals surface area contributed by atoms with Gasteiger partial charge in [0, 0.05) is 17.5 Å². The largest absolute Gasteiger partial charge is 0.493 e. The van der Waals surface area contributed by atoms with E-state index in [0.717, 1.165) is 44.1 Å². The molecule has 0 aliphatic carbocycles. The summed E-state index contributed by atoms with van der Waals surface area (Å²) in [6.07, 6.45) is 8.28. The van der Waals surface area contributed by atoms with Gasteiger partial charge in [0.2, 0.25) is 0 Å². The summed E-state index contributed by atoms with van der Waals surface area (Å²) in [5.41, 5.74) is 13.4. The van der Waals surface area contributed by atoms with Gasteiger partial charge in [-0.3, -0.25) is 0 Å². The average molecular weight is 485 g/mol. The van der Waals surface area contributed by atoms with Gasteiger partial charge in [0.25, 0.3) is 0 Å². The zero-order valence-electron chi connectivity index (χ0n) is 20.6. The summed E-state index contributed by atoms with van der Waals surface area (Å²) in [6.45, 7) is 3.38. The van der Waals surface area contributed by atoms with Crippen LogP contribution in [-0.4, -0.2) is 38.9 Å². The maximum Gasteiger partial charge on any atom is 0.338 e. The highest BCUT2D eigenvalue weighted by Crippen LogP contribution is 2.28. The number of hydrogen-bond acceptors (Lipinski definition) is 8. The van der Waals surface area contributed by atoms with Crippen LogP contribution in [-0.2, 0) is 14.3 Å². The van der Waals surface area contributed by atoms with Crippen LogP contribution in [0.2, 0.25) is 0 Å². The first kappa shape index (κ1) is 27.6. The molecule has 0 bridgehead atoms. The molecule has 8 nitrogen and oxygen atoms in total. The highest BCUT2D eigenvalue weighted by atomic mass is 16.5. The van der Waals surface area contributed by atoms with Crippen molar-refractivity contribution in [2.75, 3.05) is 38.4 Å². The summed E-state index contributed by atoms with van der Waals surface area (Å²) in [5, 5.41) is 0. The van der Waals surface area contributed by atoms with Crippen molar-refractivity contribution in [2.24, 2.45) is 0 Å². The quantitative estimate of drug-likeness (QED) is 0.156. The number of methoxy groups -OCH3 is 1. The summed E-state index contributed by atoms with van der Waals surface area (Å²) in [4.78, 5) is 24.0. The van der Waals surface area contributed by atoms with Crippen LogP contribution in [0.25, 0.3) is 6.08 Å². The number of ether oxygens (including phenoxy) is 4. The second-order valence-corrected chi connectivity index (χ2v) is 8.05. The Morgan fingerprint density at radius 2 is 1.51 bits per heavy atom. The van der Waals surface area contributed by atoms with Gasteiger partial charge in [-0.25, -0.2) is 9.59 Å². The van der Waals surface area contributed by atoms with Gasteiger partial charge in [-0.1, -0.05) is 19.4 Å². The van der Waals surface area contributed by atoms with Crippen molar-refractivity contribution in [1.29, 1.82) is 0 Å². The number of hydrogen-bond donors (Lipinski definition) is 2. The van der Waals surface area contributed by atoms with Crippen LogP contribution in [0.3, 0.4) is 0 Å². The van der Waals surface area contributed by atoms with Gasteiger partial charge < -0.3 is 30.4 Å². The Kier molecular flexibility index (Phi) is 12.0. The van der Waals surface area contributed by atoms with Gasteiger partial charge in [-0.05, 0) is 74.1 Å². The van der Waals surface area contributed by atoms with Gasteiger partial charge in [0.15, 0.2) is 11.5 Å². The van der Waals surface area contributed by atoms with Crippen molar-refractivity contribution in [2.45, 2.75) is 45.4 Å². The smallest absolute Gasteiger partial charge is 0.338 e. The summed E-state index contributed by atoms with van der Waals surface area (Å²) >= 11 is 0. The first-order chi connectivity index (χ1) is 16.9. The summed E-state index contributed by atoms with van der Waals surface area (Å²) in [7, 11) is 1.59. The third-order valence-electron chi connectivity index (χ3n) is 5.08. The Labute approximate surface area is 207 Å². The van der Waals surface area contributed by atoms with Gasteiger partial charge in [0.1, 0.15) is 0 Å². The fourth-order valence-corrected chi connectivity index (χ4v) is 3.22. The van der Waals surface area contributed by atoms with Crippen LogP contribution in [0.5, 0.6) is 11.5 Å². The second-order valence-electron chi connectivity index (χ2n) is 8.05. The van der Waals surface area contributed by atoms with E-state index in [1.807, 2.05) is 18.2 Å². The van der Waals surface area contributed by atoms with Crippen LogP contribution in [0.15, 0.2) is 42.5 Å². The fraction of sp³-hybridized carbons (Fsp3) is 0.407. The van der Waals surface area contributed by atoms with Gasteiger partial charge in [-0.2, -0.15) is 0 Å². The molecule has 0 aliphatic heterocycles. The molecule has 35 heavy (non-hydrogen) atoms. The number of nitrogen functional groups attached to an aromatic ring is 2. The Hall–Kier alpha value is -3.68. The number of carbonyl (C=O) groups is 2. The van der Waals surface area contributed by atoms with Crippen LogP contribution in [0.1, 0.15) is 61.4 Å². The monoisotopic (exact) mass is 484 g/mol. The molecule has 0 saturated carbocycles. The lowest BCUT2D eigenvalue weighted by molar-refractivity contribution is -0.137. The number of benzene rings is 2. The molecule has 2 aromatic rings. The van der Waals surface area contributed by atoms with Crippen molar-refractivity contribution < 1.29 is 28.5 Å². The third kappa shape index (κ3) is 10.4. The first-order valence-electron chi connectivity index (χ1n) is 11.9. The Balaban J connectivity index is 1.60. The van der Waals surface area contributed by atoms with Gasteiger partial charge in [0.05, 0.1) is 32.5 Å². The van der Waals surface area contributed by atoms with E-state index in [-0.39, 0.29) is 0 Å². The molecule has 2 rings (SSSR count). The highest BCUT2D eigenvalue weighted by Gasteiger charge is 2.09. The second kappa shape index (κ2) is 15.3. The fourth-order valence-electron chi connectivity index (χ4n) is 3.22. The molecule has 0 aromatic heterocycles. The molecule has 0 unspecified atom stereocenters. The minimum atomic E-state index is -0.444. The minimum absolute atomic E-state index is 0.307. The maximum absolute atomic E-state index is 12.0. The molecule has 4 N–H and O–H groups in total. The van der Waals surface area contributed by atoms with E-state index in [4.69, 9.17) is 30.4 Å². The van der Waals surface area contributed by atoms with E-state index in [9.17, 15) is 9.59 Å². The number of esters is 2. The molecule has 0 saturated heterocycles. The van der Waals surface area contributed by atoms with Crippen LogP contribution >= 0.6 is 0 Å². The predicted molar refractivity (Wildman–Crippen MR) is 137 cm³/mol. The standard InChI is InChI=1S/C27H36N2O6/c1-3-4-13-33-24-11-9-20(16-25(24)32-2)10-12-26(30)34-14-7-5-6-8-15-35-27(31)21-17-22(28)19-23(29)18-21/h9-12,16-19H,3-8,13-15,28-29H2,1-2H3. The Morgan fingerprint density at radius 3 is 2.17 bits per heavy atom. The molecule has 0 amide bonds. The van der Waals surface area contributed by atoms with Crippen LogP contribution in [0, 0.1) is 0 Å². The molecule has 8 heteroatoms. The molecule has 0 aliphatic rings. The van der Waals surface area contributed by atoms with E-state index in [0.29, 0.717) is 48.3 Å². The van der Waals surface area contributed by atoms with Crippen molar-refractivity contribution >= 4 is 29.4 Å². The molecule has 0 spiro atoms. The SMILES string of the molecule is CCCCOc1ccc(C=CC(=O)OCCCCCCOC(=O)c2cc(N)cc(N)c2)cc1OC. The highest BCUT2D eigenvalue weighted by molar-refractivity contribution is 5.91. The maximum atomic E-state index is 12.0. The van der Waals surface area contributed by atoms with Gasteiger partial charge >= 0.3 is 11.9 Å². The molecule has 0 heterocycles. The number of carbonyl (C=O) groups excluding carboxylic acids is 2. The van der Waals surface area contributed by atoms with Crippen molar-refractivity contribution in [1.82, 2.24) is 0 Å². The number of unbranched alkanes of at least 4 members (excludes halogenated alkanes) is 4. The number of anilines is 2. The lowest BCUT2D eigenvalue weighted by atomic mass is 10.2. The number of nitrogens with two attached hydrogens (primary N) is 2. The van der Waals surface area contributed by atoms with Crippen molar-refractivity contribution in [3.05, 3.63) is 53.6 Å². The molecule has 190 valence electrons. The summed E-state index contributed by atoms with van der Waals surface area (Å²) in [5.74, 6) is 0.466. The topological polar surface area (TPSA) is 123 Å². The van der Waals surface area contributed by atoms with E-state index in [2.05, 4.69) is 6.92 Å². The zero-order chi connectivity index (χ0) is 25.5. The van der Waals surface area contributed by atoms with Crippen LogP contribution < -0.4 is 20.9 Å². The lowest BCUT2D eigenvalue weighted by Gasteiger charge is -2.10. The molecule has 2 aromatic carbocycles. The van der Waals surface area contributed by atoms with E-state index in [1.165, 1.54) is 18.2 Å². The molecular weight excluding hydrogens is 448 g/mol. The summed E-state index contributed by atoms with van der Waals surface area (Å²) in [6, 6.07) is 10.2. The van der Waals surface area contributed by atoms with Crippen molar-refractivity contribution in [3.63, 3.8) is 0 Å². The lowest BCUT2D eigenvalue weighted by Crippen LogP contribution is -2.08. The predicted octanol–water partition coefficient (Wildman–Crippen LogP) is 5.01. The molecule has 0 atom stereocenters. The Morgan fingerprint density at radius 1 is 0.829 bits per heavy atom. The third-order valence-corrected chi connectivity index (χ3v) is 5.08. The van der Waals surface area contributed by atoms with Gasteiger partial charge in [-0.15, -0.1) is 0 Å².